The van der Waals surface area contributed by atoms with Crippen molar-refractivity contribution in [3.05, 3.63) is 18.0 Å². The van der Waals surface area contributed by atoms with Gasteiger partial charge in [-0.2, -0.15) is 0 Å². The molecule has 0 atom stereocenters. The number of hydrogen-bond acceptors (Lipinski definition) is 3. The van der Waals surface area contributed by atoms with E-state index >= 15 is 0 Å². The van der Waals surface area contributed by atoms with Crippen molar-refractivity contribution in [1.82, 2.24) is 14.8 Å². The molecular weight excluding hydrogens is 268 g/mol. The summed E-state index contributed by atoms with van der Waals surface area (Å²) in [7, 11) is 0. The number of hydrogen-bond donors (Lipinski definition) is 2. The summed E-state index contributed by atoms with van der Waals surface area (Å²) < 4.78 is 1.95. The van der Waals surface area contributed by atoms with Crippen LogP contribution in [-0.4, -0.2) is 40.4 Å². The predicted octanol–water partition coefficient (Wildman–Crippen LogP) is 1.39. The molecule has 2 rings (SSSR count). The number of amides is 2. The molecule has 0 aliphatic heterocycles. The Kier molecular flexibility index (Phi) is 4.55. The summed E-state index contributed by atoms with van der Waals surface area (Å²) in [6, 6.07) is 2.14. The van der Waals surface area contributed by atoms with Gasteiger partial charge in [-0.05, 0) is 39.7 Å². The molecule has 116 valence electrons. The summed E-state index contributed by atoms with van der Waals surface area (Å²) in [4.78, 5) is 26.0. The van der Waals surface area contributed by atoms with Crippen molar-refractivity contribution in [2.75, 3.05) is 18.8 Å². The highest BCUT2D eigenvalue weighted by atomic mass is 16.2. The molecule has 2 amide bonds. The highest BCUT2D eigenvalue weighted by Crippen LogP contribution is 2.37. The van der Waals surface area contributed by atoms with Crippen LogP contribution in [0.2, 0.25) is 0 Å². The summed E-state index contributed by atoms with van der Waals surface area (Å²) >= 11 is 0. The number of carbonyl (C=O) groups is 2. The van der Waals surface area contributed by atoms with Gasteiger partial charge in [-0.1, -0.05) is 0 Å². The van der Waals surface area contributed by atoms with Gasteiger partial charge in [0.15, 0.2) is 0 Å². The van der Waals surface area contributed by atoms with Crippen LogP contribution in [0.1, 0.15) is 50.1 Å². The number of rotatable bonds is 6. The van der Waals surface area contributed by atoms with Crippen LogP contribution < -0.4 is 11.1 Å². The topological polar surface area (TPSA) is 80.4 Å². The average Bonchev–Trinajstić information content (AvgIpc) is 3.17. The molecule has 0 aromatic carbocycles. The molecule has 6 heteroatoms. The Labute approximate surface area is 125 Å². The van der Waals surface area contributed by atoms with Gasteiger partial charge in [0, 0.05) is 24.8 Å². The Morgan fingerprint density at radius 2 is 2.14 bits per heavy atom. The largest absolute Gasteiger partial charge is 0.397 e. The van der Waals surface area contributed by atoms with Crippen LogP contribution in [0.5, 0.6) is 0 Å². The lowest BCUT2D eigenvalue weighted by molar-refractivity contribution is -0.122. The maximum absolute atomic E-state index is 12.6. The highest BCUT2D eigenvalue weighted by molar-refractivity contribution is 5.96. The zero-order valence-corrected chi connectivity index (χ0v) is 12.9. The fraction of sp³-hybridized carbons (Fsp3) is 0.600. The van der Waals surface area contributed by atoms with E-state index in [0.29, 0.717) is 24.0 Å². The quantitative estimate of drug-likeness (QED) is 0.831. The van der Waals surface area contributed by atoms with Gasteiger partial charge in [0.2, 0.25) is 5.91 Å². The first-order chi connectivity index (χ1) is 9.92. The molecular formula is C15H24N4O2. The first kappa shape index (κ1) is 15.4. The minimum absolute atomic E-state index is 0.0669. The number of nitrogens with two attached hydrogens (primary N) is 1. The van der Waals surface area contributed by atoms with Crippen molar-refractivity contribution >= 4 is 17.5 Å². The first-order valence-corrected chi connectivity index (χ1v) is 7.48. The molecule has 1 aromatic heterocycles. The number of likely N-dealkylation sites (N-methyl/N-ethyl adjacent to an activating group) is 1. The third kappa shape index (κ3) is 3.77. The smallest absolute Gasteiger partial charge is 0.271 e. The second-order valence-corrected chi connectivity index (χ2v) is 5.84. The van der Waals surface area contributed by atoms with Gasteiger partial charge in [0.1, 0.15) is 5.69 Å². The van der Waals surface area contributed by atoms with Gasteiger partial charge in [-0.25, -0.2) is 0 Å². The van der Waals surface area contributed by atoms with E-state index in [1.807, 2.05) is 31.5 Å². The fourth-order valence-electron chi connectivity index (χ4n) is 2.36. The van der Waals surface area contributed by atoms with Crippen molar-refractivity contribution in [2.24, 2.45) is 0 Å². The summed E-state index contributed by atoms with van der Waals surface area (Å²) in [5.41, 5.74) is 6.99. The minimum atomic E-state index is -0.141. The summed E-state index contributed by atoms with van der Waals surface area (Å²) in [5.74, 6) is -0.280. The van der Waals surface area contributed by atoms with Crippen molar-refractivity contribution in [3.8, 4) is 0 Å². The predicted molar refractivity (Wildman–Crippen MR) is 82.0 cm³/mol. The van der Waals surface area contributed by atoms with Crippen LogP contribution >= 0.6 is 0 Å². The maximum Gasteiger partial charge on any atom is 0.271 e. The van der Waals surface area contributed by atoms with E-state index in [9.17, 15) is 9.59 Å². The normalized spacial score (nSPS) is 14.3. The van der Waals surface area contributed by atoms with Crippen molar-refractivity contribution in [1.29, 1.82) is 0 Å². The first-order valence-electron chi connectivity index (χ1n) is 7.48. The molecule has 1 aliphatic carbocycles. The number of aromatic nitrogens is 1. The third-order valence-electron chi connectivity index (χ3n) is 3.48. The van der Waals surface area contributed by atoms with Gasteiger partial charge < -0.3 is 20.5 Å². The second kappa shape index (κ2) is 6.20. The Hall–Kier alpha value is -1.98. The van der Waals surface area contributed by atoms with Crippen LogP contribution in [0.4, 0.5) is 5.69 Å². The van der Waals surface area contributed by atoms with Crippen molar-refractivity contribution in [2.45, 2.75) is 45.7 Å². The molecule has 0 unspecified atom stereocenters. The van der Waals surface area contributed by atoms with Crippen molar-refractivity contribution < 1.29 is 9.59 Å². The van der Waals surface area contributed by atoms with Gasteiger partial charge in [0.25, 0.3) is 5.91 Å². The van der Waals surface area contributed by atoms with E-state index in [1.165, 1.54) is 0 Å². The molecule has 1 heterocycles. The van der Waals surface area contributed by atoms with E-state index in [1.54, 1.807) is 11.0 Å². The van der Waals surface area contributed by atoms with E-state index in [0.717, 1.165) is 12.8 Å². The SMILES string of the molecule is CCN(CC(=O)NC(C)C)C(=O)c1cc(N)cn1C1CC1. The molecule has 1 saturated carbocycles. The number of nitrogens with zero attached hydrogens (tertiary/aromatic N) is 2. The number of nitrogen functional groups attached to an aromatic ring is 1. The maximum atomic E-state index is 12.6. The standard InChI is InChI=1S/C15H24N4O2/c1-4-18(9-14(20)17-10(2)3)15(21)13-7-11(16)8-19(13)12-5-6-12/h7-8,10,12H,4-6,9,16H2,1-3H3,(H,17,20). The van der Waals surface area contributed by atoms with Gasteiger partial charge in [-0.15, -0.1) is 0 Å². The monoisotopic (exact) mass is 292 g/mol. The molecule has 1 aromatic rings. The van der Waals surface area contributed by atoms with E-state index in [2.05, 4.69) is 5.32 Å². The van der Waals surface area contributed by atoms with Crippen LogP contribution in [0.25, 0.3) is 0 Å². The lowest BCUT2D eigenvalue weighted by atomic mass is 10.3. The number of carbonyl (C=O) groups excluding carboxylic acids is 2. The number of nitrogens with one attached hydrogen (secondary N) is 1. The Morgan fingerprint density at radius 1 is 1.48 bits per heavy atom. The van der Waals surface area contributed by atoms with Crippen LogP contribution in [0.3, 0.4) is 0 Å². The minimum Gasteiger partial charge on any atom is -0.397 e. The second-order valence-electron chi connectivity index (χ2n) is 5.84. The molecule has 1 aliphatic rings. The number of anilines is 1. The summed E-state index contributed by atoms with van der Waals surface area (Å²) in [5, 5.41) is 2.80. The molecule has 0 radical (unpaired) electrons. The zero-order chi connectivity index (χ0) is 15.6. The van der Waals surface area contributed by atoms with E-state index in [-0.39, 0.29) is 24.4 Å². The Balaban J connectivity index is 2.11. The molecule has 0 spiro atoms. The Bertz CT molecular complexity index is 532. The van der Waals surface area contributed by atoms with Crippen LogP contribution in [0.15, 0.2) is 12.3 Å². The zero-order valence-electron chi connectivity index (χ0n) is 12.9. The van der Waals surface area contributed by atoms with Gasteiger partial charge in [-0.3, -0.25) is 9.59 Å². The summed E-state index contributed by atoms with van der Waals surface area (Å²) in [6.45, 7) is 6.22. The van der Waals surface area contributed by atoms with Gasteiger partial charge in [0.05, 0.1) is 12.2 Å². The van der Waals surface area contributed by atoms with E-state index < -0.39 is 0 Å². The van der Waals surface area contributed by atoms with Crippen LogP contribution in [0, 0.1) is 0 Å². The molecule has 0 saturated heterocycles. The lowest BCUT2D eigenvalue weighted by Gasteiger charge is -2.22. The molecule has 21 heavy (non-hydrogen) atoms. The third-order valence-corrected chi connectivity index (χ3v) is 3.48. The summed E-state index contributed by atoms with van der Waals surface area (Å²) in [6.07, 6.45) is 3.97. The van der Waals surface area contributed by atoms with Gasteiger partial charge >= 0.3 is 0 Å². The highest BCUT2D eigenvalue weighted by Gasteiger charge is 2.29. The van der Waals surface area contributed by atoms with E-state index in [4.69, 9.17) is 5.73 Å². The average molecular weight is 292 g/mol. The van der Waals surface area contributed by atoms with Crippen LogP contribution in [-0.2, 0) is 4.79 Å². The lowest BCUT2D eigenvalue weighted by Crippen LogP contribution is -2.43. The molecule has 3 N–H and O–H groups in total. The van der Waals surface area contributed by atoms with Crippen molar-refractivity contribution in [3.63, 3.8) is 0 Å². The molecule has 0 bridgehead atoms. The Morgan fingerprint density at radius 3 is 2.67 bits per heavy atom. The molecule has 6 nitrogen and oxygen atoms in total. The fourth-order valence-corrected chi connectivity index (χ4v) is 2.36. The molecule has 1 fully saturated rings.